The van der Waals surface area contributed by atoms with Gasteiger partial charge in [-0.2, -0.15) is 0 Å². The van der Waals surface area contributed by atoms with E-state index in [0.29, 0.717) is 23.6 Å². The van der Waals surface area contributed by atoms with E-state index in [9.17, 15) is 9.59 Å². The average Bonchev–Trinajstić information content (AvgIpc) is 3.16. The van der Waals surface area contributed by atoms with Crippen LogP contribution >= 0.6 is 0 Å². The zero-order valence-corrected chi connectivity index (χ0v) is 15.1. The molecule has 4 nitrogen and oxygen atoms in total. The van der Waals surface area contributed by atoms with Crippen molar-refractivity contribution in [3.05, 3.63) is 71.4 Å². The molecule has 0 aliphatic carbocycles. The third-order valence-electron chi connectivity index (χ3n) is 5.12. The van der Waals surface area contributed by atoms with Crippen LogP contribution in [0.4, 0.5) is 0 Å². The first-order valence-electron chi connectivity index (χ1n) is 9.10. The molecule has 0 spiro atoms. The number of benzene rings is 2. The molecule has 3 aromatic rings. The zero-order valence-electron chi connectivity index (χ0n) is 15.1. The molecule has 1 aliphatic rings. The molecule has 0 N–H and O–H groups in total. The Balaban J connectivity index is 1.45. The van der Waals surface area contributed by atoms with Crippen LogP contribution in [0.5, 0.6) is 0 Å². The molecule has 0 atom stereocenters. The maximum absolute atomic E-state index is 12.4. The number of amides is 2. The second-order valence-electron chi connectivity index (χ2n) is 7.14. The highest BCUT2D eigenvalue weighted by molar-refractivity contribution is 6.21. The largest absolute Gasteiger partial charge is 0.347 e. The van der Waals surface area contributed by atoms with Crippen molar-refractivity contribution in [2.24, 2.45) is 0 Å². The highest BCUT2D eigenvalue weighted by atomic mass is 16.2. The van der Waals surface area contributed by atoms with Gasteiger partial charge in [-0.05, 0) is 53.6 Å². The van der Waals surface area contributed by atoms with E-state index in [-0.39, 0.29) is 11.8 Å². The summed E-state index contributed by atoms with van der Waals surface area (Å²) < 4.78 is 2.19. The summed E-state index contributed by atoms with van der Waals surface area (Å²) in [4.78, 5) is 26.2. The Hall–Kier alpha value is -2.88. The molecule has 0 fully saturated rings. The van der Waals surface area contributed by atoms with Crippen LogP contribution in [0, 0.1) is 0 Å². The summed E-state index contributed by atoms with van der Waals surface area (Å²) >= 11 is 0. The Kier molecular flexibility index (Phi) is 4.11. The minimum Gasteiger partial charge on any atom is -0.347 e. The molecule has 0 saturated heterocycles. The summed E-state index contributed by atoms with van der Waals surface area (Å²) in [5.41, 5.74) is 3.56. The lowest BCUT2D eigenvalue weighted by atomic mass is 10.0. The highest BCUT2D eigenvalue weighted by Crippen LogP contribution is 2.24. The Morgan fingerprint density at radius 1 is 0.885 bits per heavy atom. The van der Waals surface area contributed by atoms with Gasteiger partial charge in [0.15, 0.2) is 0 Å². The van der Waals surface area contributed by atoms with Gasteiger partial charge in [0.2, 0.25) is 0 Å². The predicted octanol–water partition coefficient (Wildman–Crippen LogP) is 4.45. The fourth-order valence-corrected chi connectivity index (χ4v) is 3.61. The fourth-order valence-electron chi connectivity index (χ4n) is 3.61. The number of rotatable bonds is 5. The van der Waals surface area contributed by atoms with E-state index in [1.54, 1.807) is 24.3 Å². The molecule has 132 valence electrons. The van der Waals surface area contributed by atoms with Crippen molar-refractivity contribution in [3.8, 4) is 0 Å². The first-order valence-corrected chi connectivity index (χ1v) is 9.10. The second-order valence-corrected chi connectivity index (χ2v) is 7.14. The maximum Gasteiger partial charge on any atom is 0.261 e. The van der Waals surface area contributed by atoms with Gasteiger partial charge >= 0.3 is 0 Å². The van der Waals surface area contributed by atoms with Gasteiger partial charge < -0.3 is 4.57 Å². The average molecular weight is 346 g/mol. The topological polar surface area (TPSA) is 42.3 Å². The predicted molar refractivity (Wildman–Crippen MR) is 102 cm³/mol. The van der Waals surface area contributed by atoms with Gasteiger partial charge in [0.25, 0.3) is 11.8 Å². The molecule has 1 aliphatic heterocycles. The number of fused-ring (bicyclic) bond motifs is 2. The number of carbonyl (C=O) groups excluding carboxylic acids is 2. The van der Waals surface area contributed by atoms with Crippen LogP contribution in [0.25, 0.3) is 10.9 Å². The molecule has 0 saturated carbocycles. The summed E-state index contributed by atoms with van der Waals surface area (Å²) in [6.07, 6.45) is 2.82. The molecular weight excluding hydrogens is 324 g/mol. The van der Waals surface area contributed by atoms with Crippen molar-refractivity contribution >= 4 is 22.7 Å². The van der Waals surface area contributed by atoms with Gasteiger partial charge in [-0.15, -0.1) is 0 Å². The third kappa shape index (κ3) is 2.71. The van der Waals surface area contributed by atoms with E-state index in [1.165, 1.54) is 21.4 Å². The highest BCUT2D eigenvalue weighted by Gasteiger charge is 2.34. The number of nitrogens with zero attached hydrogens (tertiary/aromatic N) is 2. The van der Waals surface area contributed by atoms with Crippen LogP contribution in [-0.2, 0) is 6.54 Å². The zero-order chi connectivity index (χ0) is 18.3. The Bertz CT molecular complexity index is 965. The summed E-state index contributed by atoms with van der Waals surface area (Å²) in [6.45, 7) is 5.61. The lowest BCUT2D eigenvalue weighted by Crippen LogP contribution is -2.31. The van der Waals surface area contributed by atoms with Crippen molar-refractivity contribution in [1.29, 1.82) is 0 Å². The molecule has 1 aromatic heterocycles. The van der Waals surface area contributed by atoms with Crippen molar-refractivity contribution in [3.63, 3.8) is 0 Å². The van der Waals surface area contributed by atoms with Crippen LogP contribution in [0.3, 0.4) is 0 Å². The number of aryl methyl sites for hydroxylation is 1. The van der Waals surface area contributed by atoms with Crippen LogP contribution < -0.4 is 0 Å². The van der Waals surface area contributed by atoms with Gasteiger partial charge in [-0.3, -0.25) is 14.5 Å². The summed E-state index contributed by atoms with van der Waals surface area (Å²) in [6, 6.07) is 15.7. The van der Waals surface area contributed by atoms with E-state index < -0.39 is 0 Å². The Labute approximate surface area is 153 Å². The third-order valence-corrected chi connectivity index (χ3v) is 5.12. The Morgan fingerprint density at radius 3 is 2.23 bits per heavy atom. The number of imide groups is 1. The van der Waals surface area contributed by atoms with Gasteiger partial charge in [0.05, 0.1) is 11.1 Å². The molecule has 2 amide bonds. The van der Waals surface area contributed by atoms with Crippen LogP contribution in [-0.4, -0.2) is 27.8 Å². The normalized spacial score (nSPS) is 13.9. The number of aromatic nitrogens is 1. The van der Waals surface area contributed by atoms with Crippen LogP contribution in [0.2, 0.25) is 0 Å². The van der Waals surface area contributed by atoms with Gasteiger partial charge in [0, 0.05) is 24.8 Å². The molecule has 0 radical (unpaired) electrons. The summed E-state index contributed by atoms with van der Waals surface area (Å²) in [7, 11) is 0. The van der Waals surface area contributed by atoms with E-state index in [0.717, 1.165) is 13.0 Å². The molecule has 0 bridgehead atoms. The monoisotopic (exact) mass is 346 g/mol. The van der Waals surface area contributed by atoms with Crippen molar-refractivity contribution in [2.75, 3.05) is 6.54 Å². The molecule has 4 heteroatoms. The number of carbonyl (C=O) groups is 2. The minimum atomic E-state index is -0.176. The fraction of sp³-hybridized carbons (Fsp3) is 0.273. The molecule has 26 heavy (non-hydrogen) atoms. The number of hydrogen-bond donors (Lipinski definition) is 0. The lowest BCUT2D eigenvalue weighted by molar-refractivity contribution is 0.0651. The SMILES string of the molecule is CC(C)c1ccc2c(ccn2CCCN2C(=O)c3ccccc3C2=O)c1. The summed E-state index contributed by atoms with van der Waals surface area (Å²) in [5.74, 6) is 0.158. The standard InChI is InChI=1S/C22H22N2O2/c1-15(2)16-8-9-20-17(14-16)10-13-23(20)11-5-12-24-21(25)18-6-3-4-7-19(18)22(24)26/h3-4,6-10,13-15H,5,11-12H2,1-2H3. The summed E-state index contributed by atoms with van der Waals surface area (Å²) in [5, 5.41) is 1.23. The van der Waals surface area contributed by atoms with Crippen molar-refractivity contribution in [1.82, 2.24) is 9.47 Å². The van der Waals surface area contributed by atoms with Crippen molar-refractivity contribution < 1.29 is 9.59 Å². The van der Waals surface area contributed by atoms with Crippen LogP contribution in [0.1, 0.15) is 52.5 Å². The quantitative estimate of drug-likeness (QED) is 0.641. The lowest BCUT2D eigenvalue weighted by Gasteiger charge is -2.14. The molecule has 2 heterocycles. The molecule has 4 rings (SSSR count). The van der Waals surface area contributed by atoms with E-state index in [4.69, 9.17) is 0 Å². The van der Waals surface area contributed by atoms with Crippen LogP contribution in [0.15, 0.2) is 54.7 Å². The molecule has 0 unspecified atom stereocenters. The van der Waals surface area contributed by atoms with Gasteiger partial charge in [0.1, 0.15) is 0 Å². The smallest absolute Gasteiger partial charge is 0.261 e. The second kappa shape index (κ2) is 6.45. The van der Waals surface area contributed by atoms with E-state index in [2.05, 4.69) is 48.9 Å². The van der Waals surface area contributed by atoms with Gasteiger partial charge in [-0.1, -0.05) is 32.0 Å². The minimum absolute atomic E-state index is 0.176. The molecule has 2 aromatic carbocycles. The Morgan fingerprint density at radius 2 is 1.58 bits per heavy atom. The van der Waals surface area contributed by atoms with E-state index >= 15 is 0 Å². The van der Waals surface area contributed by atoms with Crippen molar-refractivity contribution in [2.45, 2.75) is 32.7 Å². The maximum atomic E-state index is 12.4. The first-order chi connectivity index (χ1) is 12.6. The van der Waals surface area contributed by atoms with E-state index in [1.807, 2.05) is 0 Å². The molecular formula is C22H22N2O2. The number of hydrogen-bond acceptors (Lipinski definition) is 2. The van der Waals surface area contributed by atoms with Gasteiger partial charge in [-0.25, -0.2) is 0 Å². The first kappa shape index (κ1) is 16.6.